The SMILES string of the molecule is Cc1[nH]c(=O)c(C)c(Oc2cc(Cl)cc(C#N)c2)c1CCOc1ccccc1. The molecule has 6 heteroatoms. The summed E-state index contributed by atoms with van der Waals surface area (Å²) in [6.45, 7) is 3.95. The first-order valence-corrected chi connectivity index (χ1v) is 9.14. The van der Waals surface area contributed by atoms with Crippen LogP contribution in [0.1, 0.15) is 22.4 Å². The van der Waals surface area contributed by atoms with Crippen molar-refractivity contribution in [1.29, 1.82) is 5.26 Å². The first-order valence-electron chi connectivity index (χ1n) is 8.76. The van der Waals surface area contributed by atoms with Gasteiger partial charge in [0.15, 0.2) is 0 Å². The molecule has 0 unspecified atom stereocenters. The van der Waals surface area contributed by atoms with Gasteiger partial charge in [-0.25, -0.2) is 0 Å². The highest BCUT2D eigenvalue weighted by Gasteiger charge is 2.16. The summed E-state index contributed by atoms with van der Waals surface area (Å²) in [5.41, 5.74) is 2.17. The van der Waals surface area contributed by atoms with E-state index in [9.17, 15) is 4.79 Å². The number of aromatic amines is 1. The van der Waals surface area contributed by atoms with Crippen LogP contribution >= 0.6 is 11.6 Å². The molecule has 3 rings (SSSR count). The number of ether oxygens (including phenoxy) is 2. The van der Waals surface area contributed by atoms with E-state index >= 15 is 0 Å². The van der Waals surface area contributed by atoms with Crippen molar-refractivity contribution in [3.8, 4) is 23.3 Å². The van der Waals surface area contributed by atoms with E-state index < -0.39 is 0 Å². The van der Waals surface area contributed by atoms with Gasteiger partial charge >= 0.3 is 0 Å². The van der Waals surface area contributed by atoms with Gasteiger partial charge in [-0.15, -0.1) is 0 Å². The molecule has 0 atom stereocenters. The summed E-state index contributed by atoms with van der Waals surface area (Å²) in [7, 11) is 0. The summed E-state index contributed by atoms with van der Waals surface area (Å²) >= 11 is 6.07. The number of benzene rings is 2. The second kappa shape index (κ2) is 8.64. The number of nitriles is 1. The topological polar surface area (TPSA) is 75.1 Å². The molecular weight excluding hydrogens is 376 g/mol. The molecule has 0 aliphatic carbocycles. The van der Waals surface area contributed by atoms with E-state index in [0.29, 0.717) is 46.4 Å². The number of rotatable bonds is 6. The molecule has 0 aliphatic heterocycles. The zero-order valence-corrected chi connectivity index (χ0v) is 16.3. The van der Waals surface area contributed by atoms with Crippen molar-refractivity contribution in [2.45, 2.75) is 20.3 Å². The highest BCUT2D eigenvalue weighted by molar-refractivity contribution is 6.30. The quantitative estimate of drug-likeness (QED) is 0.643. The number of hydrogen-bond donors (Lipinski definition) is 1. The van der Waals surface area contributed by atoms with Gasteiger partial charge in [-0.2, -0.15) is 5.26 Å². The molecular formula is C22H19ClN2O3. The Balaban J connectivity index is 1.90. The molecule has 2 aromatic carbocycles. The predicted molar refractivity (Wildman–Crippen MR) is 108 cm³/mol. The van der Waals surface area contributed by atoms with E-state index in [1.165, 1.54) is 0 Å². The van der Waals surface area contributed by atoms with E-state index in [0.717, 1.165) is 11.3 Å². The van der Waals surface area contributed by atoms with Crippen molar-refractivity contribution >= 4 is 11.6 Å². The van der Waals surface area contributed by atoms with Crippen molar-refractivity contribution in [3.63, 3.8) is 0 Å². The van der Waals surface area contributed by atoms with Gasteiger partial charge < -0.3 is 14.5 Å². The number of nitrogens with one attached hydrogen (secondary N) is 1. The predicted octanol–water partition coefficient (Wildman–Crippen LogP) is 4.93. The molecule has 0 aliphatic rings. The number of H-pyrrole nitrogens is 1. The number of aryl methyl sites for hydroxylation is 1. The van der Waals surface area contributed by atoms with Crippen LogP contribution < -0.4 is 15.0 Å². The second-order valence-electron chi connectivity index (χ2n) is 6.31. The highest BCUT2D eigenvalue weighted by atomic mass is 35.5. The van der Waals surface area contributed by atoms with E-state index in [-0.39, 0.29) is 5.56 Å². The highest BCUT2D eigenvalue weighted by Crippen LogP contribution is 2.31. The summed E-state index contributed by atoms with van der Waals surface area (Å²) in [6, 6.07) is 16.3. The Labute approximate surface area is 168 Å². The molecule has 0 saturated heterocycles. The van der Waals surface area contributed by atoms with Crippen LogP contribution in [0.4, 0.5) is 0 Å². The van der Waals surface area contributed by atoms with Gasteiger partial charge in [-0.1, -0.05) is 29.8 Å². The molecule has 142 valence electrons. The van der Waals surface area contributed by atoms with Gasteiger partial charge in [0.1, 0.15) is 17.2 Å². The zero-order chi connectivity index (χ0) is 20.1. The average molecular weight is 395 g/mol. The molecule has 1 N–H and O–H groups in total. The minimum atomic E-state index is -0.220. The van der Waals surface area contributed by atoms with Crippen LogP contribution in [-0.2, 0) is 6.42 Å². The third-order valence-electron chi connectivity index (χ3n) is 4.29. The normalized spacial score (nSPS) is 10.4. The largest absolute Gasteiger partial charge is 0.493 e. The summed E-state index contributed by atoms with van der Waals surface area (Å²) in [6.07, 6.45) is 0.541. The standard InChI is InChI=1S/C22H19ClN2O3/c1-14-21(28-19-11-16(13-24)10-17(23)12-19)20(15(2)25-22(14)26)8-9-27-18-6-4-3-5-7-18/h3-7,10-12H,8-9H2,1-2H3,(H,25,26). The van der Waals surface area contributed by atoms with E-state index in [2.05, 4.69) is 4.98 Å². The number of pyridine rings is 1. The Kier molecular flexibility index (Phi) is 6.03. The van der Waals surface area contributed by atoms with E-state index in [1.54, 1.807) is 25.1 Å². The maximum atomic E-state index is 12.2. The van der Waals surface area contributed by atoms with Crippen LogP contribution in [0.25, 0.3) is 0 Å². The second-order valence-corrected chi connectivity index (χ2v) is 6.75. The van der Waals surface area contributed by atoms with Crippen molar-refractivity contribution in [1.82, 2.24) is 4.98 Å². The van der Waals surface area contributed by atoms with Gasteiger partial charge in [0.25, 0.3) is 5.56 Å². The average Bonchev–Trinajstić information content (AvgIpc) is 2.68. The first kappa shape index (κ1) is 19.5. The van der Waals surface area contributed by atoms with Crippen molar-refractivity contribution < 1.29 is 9.47 Å². The number of aromatic nitrogens is 1. The van der Waals surface area contributed by atoms with Crippen molar-refractivity contribution in [2.24, 2.45) is 0 Å². The van der Waals surface area contributed by atoms with Crippen LogP contribution in [0.5, 0.6) is 17.2 Å². The molecule has 5 nitrogen and oxygen atoms in total. The molecule has 0 bridgehead atoms. The lowest BCUT2D eigenvalue weighted by Crippen LogP contribution is -2.16. The Bertz CT molecular complexity index is 1090. The monoisotopic (exact) mass is 394 g/mol. The number of nitrogens with zero attached hydrogens (tertiary/aromatic N) is 1. The minimum Gasteiger partial charge on any atom is -0.493 e. The fraction of sp³-hybridized carbons (Fsp3) is 0.182. The molecule has 3 aromatic rings. The van der Waals surface area contributed by atoms with Gasteiger partial charge in [-0.3, -0.25) is 4.79 Å². The Morgan fingerprint density at radius 1 is 1.11 bits per heavy atom. The van der Waals surface area contributed by atoms with Gasteiger partial charge in [-0.05, 0) is 44.2 Å². The Morgan fingerprint density at radius 3 is 2.57 bits per heavy atom. The Morgan fingerprint density at radius 2 is 1.86 bits per heavy atom. The van der Waals surface area contributed by atoms with Crippen molar-refractivity contribution in [3.05, 3.63) is 86.3 Å². The Hall–Kier alpha value is -3.23. The number of hydrogen-bond acceptors (Lipinski definition) is 4. The summed E-state index contributed by atoms with van der Waals surface area (Å²) < 4.78 is 11.8. The van der Waals surface area contributed by atoms with Crippen LogP contribution in [0.15, 0.2) is 53.3 Å². The minimum absolute atomic E-state index is 0.220. The maximum Gasteiger partial charge on any atom is 0.254 e. The lowest BCUT2D eigenvalue weighted by molar-refractivity contribution is 0.319. The van der Waals surface area contributed by atoms with Crippen LogP contribution in [0.2, 0.25) is 5.02 Å². The lowest BCUT2D eigenvalue weighted by atomic mass is 10.1. The fourth-order valence-electron chi connectivity index (χ4n) is 2.87. The molecule has 0 amide bonds. The first-order chi connectivity index (χ1) is 13.5. The molecule has 0 radical (unpaired) electrons. The van der Waals surface area contributed by atoms with Crippen LogP contribution in [0.3, 0.4) is 0 Å². The molecule has 1 heterocycles. The van der Waals surface area contributed by atoms with Gasteiger partial charge in [0.05, 0.1) is 23.8 Å². The lowest BCUT2D eigenvalue weighted by Gasteiger charge is -2.16. The molecule has 0 spiro atoms. The number of halogens is 1. The van der Waals surface area contributed by atoms with Gasteiger partial charge in [0.2, 0.25) is 0 Å². The molecule has 1 aromatic heterocycles. The number of para-hydroxylation sites is 1. The van der Waals surface area contributed by atoms with E-state index in [4.69, 9.17) is 26.3 Å². The summed E-state index contributed by atoms with van der Waals surface area (Å²) in [5.74, 6) is 1.64. The zero-order valence-electron chi connectivity index (χ0n) is 15.6. The van der Waals surface area contributed by atoms with Crippen LogP contribution in [0, 0.1) is 25.2 Å². The summed E-state index contributed by atoms with van der Waals surface area (Å²) in [4.78, 5) is 15.1. The van der Waals surface area contributed by atoms with Crippen molar-refractivity contribution in [2.75, 3.05) is 6.61 Å². The fourth-order valence-corrected chi connectivity index (χ4v) is 3.10. The third-order valence-corrected chi connectivity index (χ3v) is 4.51. The van der Waals surface area contributed by atoms with Gasteiger partial charge in [0, 0.05) is 22.7 Å². The van der Waals surface area contributed by atoms with Crippen LogP contribution in [-0.4, -0.2) is 11.6 Å². The third kappa shape index (κ3) is 4.54. The van der Waals surface area contributed by atoms with E-state index in [1.807, 2.05) is 43.3 Å². The smallest absolute Gasteiger partial charge is 0.254 e. The maximum absolute atomic E-state index is 12.2. The molecule has 28 heavy (non-hydrogen) atoms. The molecule has 0 saturated carbocycles. The molecule has 0 fully saturated rings. The summed E-state index contributed by atoms with van der Waals surface area (Å²) in [5, 5.41) is 9.53.